The van der Waals surface area contributed by atoms with Gasteiger partial charge in [-0.15, -0.1) is 0 Å². The molecule has 1 heterocycles. The Kier molecular flexibility index (Phi) is 8.53. The average Bonchev–Trinajstić information content (AvgIpc) is 2.98. The number of hydrogen-bond donors (Lipinski definition) is 1. The summed E-state index contributed by atoms with van der Waals surface area (Å²) < 4.78 is 35.6. The molecule has 0 aliphatic rings. The lowest BCUT2D eigenvalue weighted by molar-refractivity contribution is -0.142. The number of carbonyl (C=O) groups excluding carboxylic acids is 2. The third kappa shape index (κ3) is 6.94. The summed E-state index contributed by atoms with van der Waals surface area (Å²) in [4.78, 5) is 24.3. The normalized spacial score (nSPS) is 11.4. The number of carbonyl (C=O) groups is 2. The summed E-state index contributed by atoms with van der Waals surface area (Å²) in [6.07, 6.45) is 1.45. The minimum Gasteiger partial charge on any atom is -0.451 e. The molecular formula is C23H25F2N3O4. The molecule has 7 nitrogen and oxygen atoms in total. The molecule has 0 fully saturated rings. The summed E-state index contributed by atoms with van der Waals surface area (Å²) in [7, 11) is 0. The van der Waals surface area contributed by atoms with Gasteiger partial charge in [-0.1, -0.05) is 13.8 Å². The summed E-state index contributed by atoms with van der Waals surface area (Å²) >= 11 is 0. The van der Waals surface area contributed by atoms with Crippen LogP contribution in [-0.4, -0.2) is 29.7 Å². The third-order valence-electron chi connectivity index (χ3n) is 4.50. The summed E-state index contributed by atoms with van der Waals surface area (Å²) in [5.41, 5.74) is 2.75. The number of nitrogens with zero attached hydrogens (tertiary/aromatic N) is 2. The molecule has 32 heavy (non-hydrogen) atoms. The predicted octanol–water partition coefficient (Wildman–Crippen LogP) is 4.45. The van der Waals surface area contributed by atoms with Crippen LogP contribution in [0, 0.1) is 31.1 Å². The second kappa shape index (κ2) is 11.1. The van der Waals surface area contributed by atoms with E-state index in [1.54, 1.807) is 0 Å². The smallest absolute Gasteiger partial charge is 0.387 e. The van der Waals surface area contributed by atoms with Gasteiger partial charge in [0.1, 0.15) is 17.4 Å². The largest absolute Gasteiger partial charge is 0.451 e. The molecule has 0 aliphatic carbocycles. The molecule has 170 valence electrons. The second-order valence-electron chi connectivity index (χ2n) is 7.53. The van der Waals surface area contributed by atoms with Crippen LogP contribution in [-0.2, 0) is 20.9 Å². The molecule has 0 bridgehead atoms. The first kappa shape index (κ1) is 24.6. The Morgan fingerprint density at radius 2 is 1.88 bits per heavy atom. The fraction of sp³-hybridized carbons (Fsp3) is 0.348. The quantitative estimate of drug-likeness (QED) is 0.350. The first-order chi connectivity index (χ1) is 15.1. The molecule has 9 heteroatoms. The molecule has 1 N–H and O–H groups in total. The van der Waals surface area contributed by atoms with Crippen molar-refractivity contribution in [2.24, 2.45) is 5.92 Å². The molecule has 0 saturated heterocycles. The molecule has 0 unspecified atom stereocenters. The van der Waals surface area contributed by atoms with Gasteiger partial charge in [-0.25, -0.2) is 4.79 Å². The topological polar surface area (TPSA) is 93.3 Å². The number of nitriles is 1. The van der Waals surface area contributed by atoms with E-state index in [0.29, 0.717) is 11.6 Å². The van der Waals surface area contributed by atoms with Gasteiger partial charge in [-0.2, -0.15) is 14.0 Å². The van der Waals surface area contributed by atoms with E-state index in [1.807, 2.05) is 26.0 Å². The number of nitrogens with one attached hydrogen (secondary N) is 1. The van der Waals surface area contributed by atoms with Gasteiger partial charge >= 0.3 is 12.6 Å². The van der Waals surface area contributed by atoms with Crippen LogP contribution < -0.4 is 10.1 Å². The molecule has 0 atom stereocenters. The Bertz CT molecular complexity index is 1030. The van der Waals surface area contributed by atoms with Crippen LogP contribution in [0.4, 0.5) is 14.5 Å². The van der Waals surface area contributed by atoms with Gasteiger partial charge in [-0.3, -0.25) is 4.79 Å². The minimum atomic E-state index is -2.95. The molecule has 0 saturated carbocycles. The van der Waals surface area contributed by atoms with Crippen LogP contribution in [0.3, 0.4) is 0 Å². The van der Waals surface area contributed by atoms with Crippen molar-refractivity contribution in [3.63, 3.8) is 0 Å². The van der Waals surface area contributed by atoms with Crippen molar-refractivity contribution in [2.45, 2.75) is 40.9 Å². The number of rotatable bonds is 9. The van der Waals surface area contributed by atoms with Crippen LogP contribution in [0.2, 0.25) is 0 Å². The van der Waals surface area contributed by atoms with E-state index < -0.39 is 25.1 Å². The van der Waals surface area contributed by atoms with Crippen molar-refractivity contribution in [1.29, 1.82) is 5.26 Å². The van der Waals surface area contributed by atoms with E-state index in [1.165, 1.54) is 30.3 Å². The van der Waals surface area contributed by atoms with E-state index >= 15 is 0 Å². The number of ether oxygens (including phenoxy) is 2. The first-order valence-corrected chi connectivity index (χ1v) is 9.91. The maximum Gasteiger partial charge on any atom is 0.387 e. The molecule has 0 aliphatic heterocycles. The summed E-state index contributed by atoms with van der Waals surface area (Å²) in [5, 5.41) is 11.8. The number of anilines is 1. The Morgan fingerprint density at radius 1 is 1.22 bits per heavy atom. The fourth-order valence-corrected chi connectivity index (χ4v) is 3.04. The SMILES string of the molecule is Cc1cc(/C=C(\C#N)C(=O)OCC(=O)Nc2ccc(OC(F)F)cc2)c(C)n1CC(C)C. The van der Waals surface area contributed by atoms with Gasteiger partial charge in [-0.05, 0) is 61.7 Å². The summed E-state index contributed by atoms with van der Waals surface area (Å²) in [5.74, 6) is -1.19. The Hall–Kier alpha value is -3.67. The van der Waals surface area contributed by atoms with Crippen molar-refractivity contribution in [3.8, 4) is 11.8 Å². The van der Waals surface area contributed by atoms with Crippen molar-refractivity contribution >= 4 is 23.6 Å². The third-order valence-corrected chi connectivity index (χ3v) is 4.50. The van der Waals surface area contributed by atoms with Gasteiger partial charge < -0.3 is 19.4 Å². The number of benzene rings is 1. The van der Waals surface area contributed by atoms with Crippen molar-refractivity contribution in [1.82, 2.24) is 4.57 Å². The van der Waals surface area contributed by atoms with Gasteiger partial charge in [0.15, 0.2) is 6.61 Å². The first-order valence-electron chi connectivity index (χ1n) is 9.91. The number of halogens is 2. The van der Waals surface area contributed by atoms with Crippen LogP contribution in [0.1, 0.15) is 30.8 Å². The van der Waals surface area contributed by atoms with E-state index in [0.717, 1.165) is 23.5 Å². The lowest BCUT2D eigenvalue weighted by Gasteiger charge is -2.12. The van der Waals surface area contributed by atoms with Crippen molar-refractivity contribution in [2.75, 3.05) is 11.9 Å². The average molecular weight is 445 g/mol. The highest BCUT2D eigenvalue weighted by atomic mass is 19.3. The molecule has 1 amide bonds. The zero-order valence-electron chi connectivity index (χ0n) is 18.3. The van der Waals surface area contributed by atoms with E-state index in [-0.39, 0.29) is 11.3 Å². The monoisotopic (exact) mass is 445 g/mol. The van der Waals surface area contributed by atoms with Crippen LogP contribution >= 0.6 is 0 Å². The number of aryl methyl sites for hydroxylation is 1. The summed E-state index contributed by atoms with van der Waals surface area (Å²) in [6.45, 7) is 5.32. The van der Waals surface area contributed by atoms with Crippen LogP contribution in [0.15, 0.2) is 35.9 Å². The highest BCUT2D eigenvalue weighted by Crippen LogP contribution is 2.20. The van der Waals surface area contributed by atoms with Gasteiger partial charge in [0.2, 0.25) is 0 Å². The van der Waals surface area contributed by atoms with E-state index in [2.05, 4.69) is 28.5 Å². The Balaban J connectivity index is 1.99. The van der Waals surface area contributed by atoms with Crippen LogP contribution in [0.5, 0.6) is 5.75 Å². The highest BCUT2D eigenvalue weighted by Gasteiger charge is 2.16. The van der Waals surface area contributed by atoms with Crippen molar-refractivity contribution < 1.29 is 27.8 Å². The lowest BCUT2D eigenvalue weighted by atomic mass is 10.1. The summed E-state index contributed by atoms with van der Waals surface area (Å²) in [6, 6.07) is 8.96. The maximum absolute atomic E-state index is 12.3. The Labute approximate surface area is 185 Å². The van der Waals surface area contributed by atoms with Gasteiger partial charge in [0, 0.05) is 23.6 Å². The highest BCUT2D eigenvalue weighted by molar-refractivity contribution is 6.00. The molecule has 2 aromatic rings. The minimum absolute atomic E-state index is 0.0546. The van der Waals surface area contributed by atoms with Crippen molar-refractivity contribution in [3.05, 3.63) is 52.9 Å². The molecule has 1 aromatic heterocycles. The molecule has 1 aromatic carbocycles. The maximum atomic E-state index is 12.3. The van der Waals surface area contributed by atoms with Gasteiger partial charge in [0.25, 0.3) is 5.91 Å². The molecule has 0 radical (unpaired) electrons. The van der Waals surface area contributed by atoms with Gasteiger partial charge in [0.05, 0.1) is 0 Å². The number of esters is 1. The Morgan fingerprint density at radius 3 is 2.44 bits per heavy atom. The number of aromatic nitrogens is 1. The molecular weight excluding hydrogens is 420 g/mol. The number of hydrogen-bond acceptors (Lipinski definition) is 5. The van der Waals surface area contributed by atoms with Crippen LogP contribution in [0.25, 0.3) is 6.08 Å². The fourth-order valence-electron chi connectivity index (χ4n) is 3.04. The van der Waals surface area contributed by atoms with E-state index in [9.17, 15) is 23.6 Å². The number of alkyl halides is 2. The zero-order valence-corrected chi connectivity index (χ0v) is 18.3. The zero-order chi connectivity index (χ0) is 23.8. The molecule has 2 rings (SSSR count). The molecule has 0 spiro atoms. The lowest BCUT2D eigenvalue weighted by Crippen LogP contribution is -2.21. The van der Waals surface area contributed by atoms with E-state index in [4.69, 9.17) is 4.74 Å². The standard InChI is InChI=1S/C23H25F2N3O4/c1-14(2)12-28-15(3)9-17(16(28)4)10-18(11-26)22(30)31-13-21(29)27-19-5-7-20(8-6-19)32-23(24)25/h5-10,14,23H,12-13H2,1-4H3,(H,27,29)/b18-10+. The predicted molar refractivity (Wildman–Crippen MR) is 115 cm³/mol. The number of amides is 1. The second-order valence-corrected chi connectivity index (χ2v) is 7.53.